The number of nitrogens with zero attached hydrogens (tertiary/aromatic N) is 1. The summed E-state index contributed by atoms with van der Waals surface area (Å²) in [5.41, 5.74) is 0. The summed E-state index contributed by atoms with van der Waals surface area (Å²) >= 11 is 0. The molecule has 0 aromatic rings. The molecule has 1 heterocycles. The smallest absolute Gasteiger partial charge is 0.0637 e. The Hall–Kier alpha value is -0.120. The monoisotopic (exact) mass is 254 g/mol. The van der Waals surface area contributed by atoms with Crippen LogP contribution in [-0.4, -0.2) is 49.3 Å². The molecule has 0 radical (unpaired) electrons. The Morgan fingerprint density at radius 2 is 2.06 bits per heavy atom. The Bertz CT molecular complexity index is 241. The number of nitrogens with one attached hydrogen (secondary N) is 1. The highest BCUT2D eigenvalue weighted by molar-refractivity contribution is 4.95. The highest BCUT2D eigenvalue weighted by atomic mass is 16.5. The Labute approximate surface area is 112 Å². The maximum atomic E-state index is 5.75. The lowest BCUT2D eigenvalue weighted by atomic mass is 10.00. The van der Waals surface area contributed by atoms with Crippen molar-refractivity contribution < 1.29 is 4.74 Å². The molecule has 3 heteroatoms. The summed E-state index contributed by atoms with van der Waals surface area (Å²) in [5.74, 6) is 0.749. The van der Waals surface area contributed by atoms with Gasteiger partial charge in [0.15, 0.2) is 0 Å². The molecule has 2 aliphatic rings. The van der Waals surface area contributed by atoms with Crippen molar-refractivity contribution in [2.45, 2.75) is 64.6 Å². The van der Waals surface area contributed by atoms with Gasteiger partial charge in [0, 0.05) is 31.3 Å². The van der Waals surface area contributed by atoms with E-state index in [-0.39, 0.29) is 0 Å². The summed E-state index contributed by atoms with van der Waals surface area (Å²) in [7, 11) is 0. The van der Waals surface area contributed by atoms with Crippen LogP contribution in [0.3, 0.4) is 0 Å². The molecule has 3 nitrogen and oxygen atoms in total. The first-order valence-electron chi connectivity index (χ1n) is 7.79. The van der Waals surface area contributed by atoms with Crippen molar-refractivity contribution in [3.63, 3.8) is 0 Å². The summed E-state index contributed by atoms with van der Waals surface area (Å²) in [4.78, 5) is 2.73. The van der Waals surface area contributed by atoms with E-state index in [4.69, 9.17) is 4.74 Å². The van der Waals surface area contributed by atoms with Crippen molar-refractivity contribution in [1.29, 1.82) is 0 Å². The van der Waals surface area contributed by atoms with Crippen LogP contribution in [0.1, 0.15) is 46.5 Å². The van der Waals surface area contributed by atoms with E-state index in [9.17, 15) is 0 Å². The summed E-state index contributed by atoms with van der Waals surface area (Å²) in [5, 5.41) is 3.74. The van der Waals surface area contributed by atoms with Crippen molar-refractivity contribution >= 4 is 0 Å². The molecular weight excluding hydrogens is 224 g/mol. The van der Waals surface area contributed by atoms with Crippen molar-refractivity contribution in [3.8, 4) is 0 Å². The lowest BCUT2D eigenvalue weighted by molar-refractivity contribution is -0.0104. The molecule has 1 N–H and O–H groups in total. The van der Waals surface area contributed by atoms with Gasteiger partial charge in [0.1, 0.15) is 0 Å². The second kappa shape index (κ2) is 6.88. The van der Waals surface area contributed by atoms with Crippen molar-refractivity contribution in [2.24, 2.45) is 5.92 Å². The number of hydrogen-bond acceptors (Lipinski definition) is 3. The van der Waals surface area contributed by atoms with E-state index in [0.717, 1.165) is 31.7 Å². The zero-order valence-electron chi connectivity index (χ0n) is 12.3. The summed E-state index contributed by atoms with van der Waals surface area (Å²) in [6, 6.07) is 2.07. The standard InChI is InChI=1S/C15H30N2O/c1-4-8-16-14-7-9-18-11-15(14)17(10-12(2)3)13-5-6-13/h12-16H,4-11H2,1-3H3. The molecule has 1 saturated heterocycles. The normalized spacial score (nSPS) is 29.2. The van der Waals surface area contributed by atoms with E-state index in [2.05, 4.69) is 31.0 Å². The summed E-state index contributed by atoms with van der Waals surface area (Å²) in [6.45, 7) is 11.1. The van der Waals surface area contributed by atoms with Crippen LogP contribution < -0.4 is 5.32 Å². The Kier molecular flexibility index (Phi) is 5.46. The highest BCUT2D eigenvalue weighted by Gasteiger charge is 2.38. The fourth-order valence-corrected chi connectivity index (χ4v) is 3.00. The third-order valence-electron chi connectivity index (χ3n) is 4.00. The minimum Gasteiger partial charge on any atom is -0.380 e. The zero-order chi connectivity index (χ0) is 13.0. The third-order valence-corrected chi connectivity index (χ3v) is 4.00. The Morgan fingerprint density at radius 1 is 1.28 bits per heavy atom. The molecule has 2 unspecified atom stereocenters. The van der Waals surface area contributed by atoms with Crippen LogP contribution >= 0.6 is 0 Å². The highest BCUT2D eigenvalue weighted by Crippen LogP contribution is 2.31. The van der Waals surface area contributed by atoms with Gasteiger partial charge < -0.3 is 10.1 Å². The molecule has 106 valence electrons. The average molecular weight is 254 g/mol. The molecule has 0 aromatic heterocycles. The van der Waals surface area contributed by atoms with Gasteiger partial charge in [-0.3, -0.25) is 4.90 Å². The predicted molar refractivity (Wildman–Crippen MR) is 75.9 cm³/mol. The van der Waals surface area contributed by atoms with E-state index >= 15 is 0 Å². The summed E-state index contributed by atoms with van der Waals surface area (Å²) < 4.78 is 5.75. The van der Waals surface area contributed by atoms with Crippen LogP contribution in [0, 0.1) is 5.92 Å². The predicted octanol–water partition coefficient (Wildman–Crippen LogP) is 2.26. The SMILES string of the molecule is CCCNC1CCOCC1N(CC(C)C)C1CC1. The third kappa shape index (κ3) is 3.94. The second-order valence-corrected chi connectivity index (χ2v) is 6.31. The van der Waals surface area contributed by atoms with Crippen LogP contribution in [0.4, 0.5) is 0 Å². The van der Waals surface area contributed by atoms with E-state index in [1.165, 1.54) is 32.2 Å². The maximum absolute atomic E-state index is 5.75. The van der Waals surface area contributed by atoms with Gasteiger partial charge in [0.25, 0.3) is 0 Å². The summed E-state index contributed by atoms with van der Waals surface area (Å²) in [6.07, 6.45) is 5.18. The minimum atomic E-state index is 0.597. The molecule has 0 spiro atoms. The molecule has 1 saturated carbocycles. The van der Waals surface area contributed by atoms with Gasteiger partial charge in [-0.25, -0.2) is 0 Å². The molecule has 0 bridgehead atoms. The molecular formula is C15H30N2O. The molecule has 2 rings (SSSR count). The van der Waals surface area contributed by atoms with Gasteiger partial charge in [-0.05, 0) is 38.1 Å². The molecule has 0 aromatic carbocycles. The molecule has 18 heavy (non-hydrogen) atoms. The van der Waals surface area contributed by atoms with Gasteiger partial charge >= 0.3 is 0 Å². The molecule has 2 fully saturated rings. The lowest BCUT2D eigenvalue weighted by Crippen LogP contribution is -2.57. The van der Waals surface area contributed by atoms with Crippen LogP contribution in [0.2, 0.25) is 0 Å². The average Bonchev–Trinajstić information content (AvgIpc) is 3.18. The zero-order valence-corrected chi connectivity index (χ0v) is 12.3. The molecule has 1 aliphatic carbocycles. The van der Waals surface area contributed by atoms with Crippen LogP contribution in [-0.2, 0) is 4.74 Å². The first-order chi connectivity index (χ1) is 8.72. The van der Waals surface area contributed by atoms with E-state index in [1.807, 2.05) is 0 Å². The van der Waals surface area contributed by atoms with Crippen molar-refractivity contribution in [1.82, 2.24) is 10.2 Å². The first kappa shape index (κ1) is 14.3. The van der Waals surface area contributed by atoms with Gasteiger partial charge in [-0.15, -0.1) is 0 Å². The largest absolute Gasteiger partial charge is 0.380 e. The Balaban J connectivity index is 1.95. The van der Waals surface area contributed by atoms with Gasteiger partial charge in [0.05, 0.1) is 6.61 Å². The van der Waals surface area contributed by atoms with E-state index in [1.54, 1.807) is 0 Å². The second-order valence-electron chi connectivity index (χ2n) is 6.31. The topological polar surface area (TPSA) is 24.5 Å². The maximum Gasteiger partial charge on any atom is 0.0637 e. The number of rotatable bonds is 7. The van der Waals surface area contributed by atoms with Gasteiger partial charge in [-0.1, -0.05) is 20.8 Å². The molecule has 1 aliphatic heterocycles. The quantitative estimate of drug-likeness (QED) is 0.754. The van der Waals surface area contributed by atoms with Crippen LogP contribution in [0.15, 0.2) is 0 Å². The number of hydrogen-bond donors (Lipinski definition) is 1. The van der Waals surface area contributed by atoms with Gasteiger partial charge in [-0.2, -0.15) is 0 Å². The minimum absolute atomic E-state index is 0.597. The molecule has 2 atom stereocenters. The van der Waals surface area contributed by atoms with E-state index in [0.29, 0.717) is 12.1 Å². The number of ether oxygens (including phenoxy) is 1. The van der Waals surface area contributed by atoms with Crippen molar-refractivity contribution in [2.75, 3.05) is 26.3 Å². The fourth-order valence-electron chi connectivity index (χ4n) is 3.00. The van der Waals surface area contributed by atoms with Crippen LogP contribution in [0.25, 0.3) is 0 Å². The molecule has 0 amide bonds. The fraction of sp³-hybridized carbons (Fsp3) is 1.00. The lowest BCUT2D eigenvalue weighted by Gasteiger charge is -2.41. The van der Waals surface area contributed by atoms with Crippen molar-refractivity contribution in [3.05, 3.63) is 0 Å². The van der Waals surface area contributed by atoms with Crippen LogP contribution in [0.5, 0.6) is 0 Å². The first-order valence-corrected chi connectivity index (χ1v) is 7.79. The van der Waals surface area contributed by atoms with E-state index < -0.39 is 0 Å². The van der Waals surface area contributed by atoms with Gasteiger partial charge in [0.2, 0.25) is 0 Å². The Morgan fingerprint density at radius 3 is 2.67 bits per heavy atom.